The van der Waals surface area contributed by atoms with Gasteiger partial charge < -0.3 is 9.63 Å². The molecule has 0 aliphatic rings. The van der Waals surface area contributed by atoms with Crippen LogP contribution >= 0.6 is 23.2 Å². The number of hydrogen-bond acceptors (Lipinski definition) is 6. The quantitative estimate of drug-likeness (QED) is 0.726. The first kappa shape index (κ1) is 17.5. The SMILES string of the molecule is O=c1c(Cl)ccnn1Cc1nc([C@H](F)[C@@H](O)c2ccc(Cl)cc2)no1. The summed E-state index contributed by atoms with van der Waals surface area (Å²) in [5.41, 5.74) is -0.224. The van der Waals surface area contributed by atoms with Crippen LogP contribution in [-0.4, -0.2) is 25.0 Å². The second kappa shape index (κ2) is 7.30. The summed E-state index contributed by atoms with van der Waals surface area (Å²) in [5, 5.41) is 17.9. The molecule has 130 valence electrons. The van der Waals surface area contributed by atoms with E-state index in [1.165, 1.54) is 36.5 Å². The summed E-state index contributed by atoms with van der Waals surface area (Å²) in [7, 11) is 0. The van der Waals surface area contributed by atoms with Gasteiger partial charge in [-0.25, -0.2) is 9.07 Å². The van der Waals surface area contributed by atoms with Crippen molar-refractivity contribution in [3.05, 3.63) is 74.2 Å². The molecule has 2 aromatic heterocycles. The molecule has 10 heteroatoms. The lowest BCUT2D eigenvalue weighted by molar-refractivity contribution is 0.0708. The third-order valence-electron chi connectivity index (χ3n) is 3.37. The third-order valence-corrected chi connectivity index (χ3v) is 3.91. The van der Waals surface area contributed by atoms with Gasteiger partial charge in [-0.05, 0) is 23.8 Å². The Kier molecular flexibility index (Phi) is 5.12. The van der Waals surface area contributed by atoms with Crippen molar-refractivity contribution in [3.8, 4) is 0 Å². The number of hydrogen-bond donors (Lipinski definition) is 1. The molecule has 2 atom stereocenters. The van der Waals surface area contributed by atoms with Crippen molar-refractivity contribution in [1.82, 2.24) is 19.9 Å². The number of nitrogens with zero attached hydrogens (tertiary/aromatic N) is 4. The topological polar surface area (TPSA) is 94.0 Å². The summed E-state index contributed by atoms with van der Waals surface area (Å²) in [4.78, 5) is 15.6. The number of halogens is 3. The van der Waals surface area contributed by atoms with Gasteiger partial charge in [-0.15, -0.1) is 0 Å². The largest absolute Gasteiger partial charge is 0.385 e. The predicted octanol–water partition coefficient (Wildman–Crippen LogP) is 2.73. The normalized spacial score (nSPS) is 13.6. The zero-order valence-electron chi connectivity index (χ0n) is 12.5. The zero-order chi connectivity index (χ0) is 18.0. The zero-order valence-corrected chi connectivity index (χ0v) is 14.0. The molecule has 2 heterocycles. The van der Waals surface area contributed by atoms with Crippen molar-refractivity contribution < 1.29 is 14.0 Å². The molecule has 25 heavy (non-hydrogen) atoms. The van der Waals surface area contributed by atoms with Gasteiger partial charge in [0.2, 0.25) is 11.7 Å². The lowest BCUT2D eigenvalue weighted by Gasteiger charge is -2.12. The fourth-order valence-electron chi connectivity index (χ4n) is 2.08. The van der Waals surface area contributed by atoms with Gasteiger partial charge >= 0.3 is 0 Å². The Morgan fingerprint density at radius 2 is 1.96 bits per heavy atom. The van der Waals surface area contributed by atoms with Crippen LogP contribution in [0.3, 0.4) is 0 Å². The Morgan fingerprint density at radius 1 is 1.24 bits per heavy atom. The number of rotatable bonds is 5. The van der Waals surface area contributed by atoms with Gasteiger partial charge in [-0.3, -0.25) is 4.79 Å². The molecule has 0 saturated carbocycles. The Morgan fingerprint density at radius 3 is 2.68 bits per heavy atom. The molecule has 3 rings (SSSR count). The first-order chi connectivity index (χ1) is 12.0. The predicted molar refractivity (Wildman–Crippen MR) is 87.2 cm³/mol. The van der Waals surface area contributed by atoms with Crippen LogP contribution in [0.15, 0.2) is 45.8 Å². The van der Waals surface area contributed by atoms with Crippen LogP contribution in [0.1, 0.15) is 29.6 Å². The van der Waals surface area contributed by atoms with Gasteiger partial charge in [-0.1, -0.05) is 40.5 Å². The molecule has 1 aromatic carbocycles. The van der Waals surface area contributed by atoms with E-state index in [2.05, 4.69) is 15.2 Å². The molecule has 1 N–H and O–H groups in total. The van der Waals surface area contributed by atoms with Crippen LogP contribution in [0.25, 0.3) is 0 Å². The highest BCUT2D eigenvalue weighted by Gasteiger charge is 2.27. The molecule has 0 aliphatic heterocycles. The Labute approximate surface area is 150 Å². The molecule has 0 saturated heterocycles. The summed E-state index contributed by atoms with van der Waals surface area (Å²) in [5.74, 6) is -0.384. The van der Waals surface area contributed by atoms with Crippen molar-refractivity contribution in [3.63, 3.8) is 0 Å². The van der Waals surface area contributed by atoms with Crippen LogP contribution in [-0.2, 0) is 6.54 Å². The molecule has 0 fully saturated rings. The smallest absolute Gasteiger partial charge is 0.285 e. The minimum atomic E-state index is -1.91. The van der Waals surface area contributed by atoms with Crippen LogP contribution in [0.2, 0.25) is 10.0 Å². The Hall–Kier alpha value is -2.29. The molecule has 0 bridgehead atoms. The molecule has 0 aliphatic carbocycles. The molecular formula is C15H11Cl2FN4O3. The summed E-state index contributed by atoms with van der Waals surface area (Å²) in [6.07, 6.45) is -2.07. The highest BCUT2D eigenvalue weighted by atomic mass is 35.5. The van der Waals surface area contributed by atoms with Crippen LogP contribution < -0.4 is 5.56 Å². The van der Waals surface area contributed by atoms with Crippen molar-refractivity contribution in [1.29, 1.82) is 0 Å². The van der Waals surface area contributed by atoms with Crippen LogP contribution in [0.4, 0.5) is 4.39 Å². The summed E-state index contributed by atoms with van der Waals surface area (Å²) in [6, 6.07) is 7.41. The Bertz CT molecular complexity index is 929. The van der Waals surface area contributed by atoms with E-state index in [-0.39, 0.29) is 23.3 Å². The van der Waals surface area contributed by atoms with E-state index in [1.54, 1.807) is 0 Å². The molecule has 0 amide bonds. The summed E-state index contributed by atoms with van der Waals surface area (Å²) in [6.45, 7) is -0.170. The minimum Gasteiger partial charge on any atom is -0.385 e. The fourth-order valence-corrected chi connectivity index (χ4v) is 2.36. The van der Waals surface area contributed by atoms with Gasteiger partial charge in [0.15, 0.2) is 6.17 Å². The standard InChI is InChI=1S/C15H11Cl2FN4O3/c16-9-3-1-8(2-4-9)13(23)12(18)14-20-11(25-21-14)7-22-15(24)10(17)5-6-19-22/h1-6,12-13,23H,7H2/t12-,13+/m1/s1. The monoisotopic (exact) mass is 384 g/mol. The average Bonchev–Trinajstić information content (AvgIpc) is 3.07. The molecular weight excluding hydrogens is 374 g/mol. The fraction of sp³-hybridized carbons (Fsp3) is 0.200. The van der Waals surface area contributed by atoms with Crippen LogP contribution in [0, 0.1) is 0 Å². The van der Waals surface area contributed by atoms with Crippen molar-refractivity contribution in [2.24, 2.45) is 0 Å². The van der Waals surface area contributed by atoms with Gasteiger partial charge in [0, 0.05) is 11.2 Å². The van der Waals surface area contributed by atoms with Gasteiger partial charge in [-0.2, -0.15) is 10.1 Å². The van der Waals surface area contributed by atoms with E-state index < -0.39 is 17.8 Å². The summed E-state index contributed by atoms with van der Waals surface area (Å²) >= 11 is 11.5. The highest BCUT2D eigenvalue weighted by molar-refractivity contribution is 6.30. The summed E-state index contributed by atoms with van der Waals surface area (Å²) < 4.78 is 20.4. The van der Waals surface area contributed by atoms with Gasteiger partial charge in [0.25, 0.3) is 5.56 Å². The van der Waals surface area contributed by atoms with E-state index in [1.807, 2.05) is 0 Å². The maximum Gasteiger partial charge on any atom is 0.285 e. The molecule has 3 aromatic rings. The van der Waals surface area contributed by atoms with Gasteiger partial charge in [0.1, 0.15) is 17.7 Å². The average molecular weight is 385 g/mol. The van der Waals surface area contributed by atoms with Gasteiger partial charge in [0.05, 0.1) is 0 Å². The van der Waals surface area contributed by atoms with E-state index in [0.717, 1.165) is 4.68 Å². The number of benzene rings is 1. The molecule has 0 spiro atoms. The number of alkyl halides is 1. The van der Waals surface area contributed by atoms with Crippen LogP contribution in [0.5, 0.6) is 0 Å². The van der Waals surface area contributed by atoms with Crippen molar-refractivity contribution in [2.75, 3.05) is 0 Å². The Balaban J connectivity index is 1.77. The lowest BCUT2D eigenvalue weighted by Crippen LogP contribution is -2.23. The van der Waals surface area contributed by atoms with E-state index >= 15 is 0 Å². The maximum absolute atomic E-state index is 14.4. The first-order valence-corrected chi connectivity index (χ1v) is 7.83. The second-order valence-electron chi connectivity index (χ2n) is 5.09. The molecule has 7 nitrogen and oxygen atoms in total. The van der Waals surface area contributed by atoms with Crippen molar-refractivity contribution in [2.45, 2.75) is 18.8 Å². The molecule has 0 unspecified atom stereocenters. The number of aliphatic hydroxyl groups excluding tert-OH is 1. The third kappa shape index (κ3) is 3.87. The van der Waals surface area contributed by atoms with E-state index in [9.17, 15) is 14.3 Å². The first-order valence-electron chi connectivity index (χ1n) is 7.07. The lowest BCUT2D eigenvalue weighted by atomic mass is 10.1. The maximum atomic E-state index is 14.4. The second-order valence-corrected chi connectivity index (χ2v) is 5.93. The van der Waals surface area contributed by atoms with Crippen molar-refractivity contribution >= 4 is 23.2 Å². The number of aliphatic hydroxyl groups is 1. The molecule has 0 radical (unpaired) electrons. The van der Waals surface area contributed by atoms with E-state index in [0.29, 0.717) is 10.6 Å². The number of aromatic nitrogens is 4. The minimum absolute atomic E-state index is 0.0173. The highest BCUT2D eigenvalue weighted by Crippen LogP contribution is 2.31. The van der Waals surface area contributed by atoms with E-state index in [4.69, 9.17) is 27.7 Å².